The van der Waals surface area contributed by atoms with Gasteiger partial charge in [-0.05, 0) is 41.2 Å². The van der Waals surface area contributed by atoms with Crippen molar-refractivity contribution in [3.05, 3.63) is 16.4 Å². The van der Waals surface area contributed by atoms with Gasteiger partial charge >= 0.3 is 0 Å². The van der Waals surface area contributed by atoms with Crippen LogP contribution in [0.4, 0.5) is 0 Å². The molecule has 5 heteroatoms. The van der Waals surface area contributed by atoms with E-state index in [1.807, 2.05) is 6.20 Å². The molecule has 1 aromatic rings. The summed E-state index contributed by atoms with van der Waals surface area (Å²) in [4.78, 5) is 0. The molecule has 1 aliphatic rings. The van der Waals surface area contributed by atoms with Crippen LogP contribution in [0.15, 0.2) is 10.7 Å². The minimum absolute atomic E-state index is 0.391. The fraction of sp³-hybridized carbons (Fsp3) is 0.812. The van der Waals surface area contributed by atoms with Crippen LogP contribution in [0.3, 0.4) is 0 Å². The Morgan fingerprint density at radius 2 is 2.24 bits per heavy atom. The topological polar surface area (TPSA) is 39.1 Å². The molecule has 120 valence electrons. The monoisotopic (exact) mass is 357 g/mol. The third-order valence-corrected chi connectivity index (χ3v) is 4.97. The number of halogens is 1. The van der Waals surface area contributed by atoms with E-state index in [9.17, 15) is 0 Å². The number of aromatic nitrogens is 2. The molecule has 0 aliphatic heterocycles. The van der Waals surface area contributed by atoms with Crippen molar-refractivity contribution in [3.63, 3.8) is 0 Å². The minimum atomic E-state index is 0.391. The van der Waals surface area contributed by atoms with Gasteiger partial charge in [-0.2, -0.15) is 5.10 Å². The molecule has 0 saturated heterocycles. The smallest absolute Gasteiger partial charge is 0.0696 e. The highest BCUT2D eigenvalue weighted by Gasteiger charge is 2.25. The molecular formula is C16H28BrN3O. The highest BCUT2D eigenvalue weighted by molar-refractivity contribution is 9.10. The van der Waals surface area contributed by atoms with Crippen LogP contribution < -0.4 is 5.32 Å². The third-order valence-electron chi connectivity index (χ3n) is 4.36. The van der Waals surface area contributed by atoms with Crippen LogP contribution in [0.5, 0.6) is 0 Å². The van der Waals surface area contributed by atoms with E-state index in [-0.39, 0.29) is 0 Å². The second kappa shape index (κ2) is 8.91. The zero-order chi connectivity index (χ0) is 15.1. The maximum Gasteiger partial charge on any atom is 0.0696 e. The lowest BCUT2D eigenvalue weighted by molar-refractivity contribution is 0.181. The van der Waals surface area contributed by atoms with Crippen molar-refractivity contribution >= 4 is 15.9 Å². The summed E-state index contributed by atoms with van der Waals surface area (Å²) in [6.07, 6.45) is 9.86. The maximum atomic E-state index is 5.21. The van der Waals surface area contributed by atoms with E-state index in [1.165, 1.54) is 37.8 Å². The molecule has 0 spiro atoms. The minimum Gasteiger partial charge on any atom is -0.383 e. The summed E-state index contributed by atoms with van der Waals surface area (Å²) in [7, 11) is 1.74. The lowest BCUT2D eigenvalue weighted by Gasteiger charge is -2.23. The first-order valence-corrected chi connectivity index (χ1v) is 8.99. The van der Waals surface area contributed by atoms with E-state index in [2.05, 4.69) is 38.0 Å². The third kappa shape index (κ3) is 4.80. The molecule has 1 fully saturated rings. The van der Waals surface area contributed by atoms with Crippen LogP contribution in [0.25, 0.3) is 0 Å². The molecule has 1 saturated carbocycles. The van der Waals surface area contributed by atoms with Crippen molar-refractivity contribution in [1.29, 1.82) is 0 Å². The van der Waals surface area contributed by atoms with Crippen molar-refractivity contribution in [3.8, 4) is 0 Å². The predicted octanol–water partition coefficient (Wildman–Crippen LogP) is 3.91. The summed E-state index contributed by atoms with van der Waals surface area (Å²) in [5.74, 6) is 0.858. The highest BCUT2D eigenvalue weighted by Crippen LogP contribution is 2.35. The van der Waals surface area contributed by atoms with Crippen molar-refractivity contribution < 1.29 is 4.74 Å². The van der Waals surface area contributed by atoms with Gasteiger partial charge in [0, 0.05) is 7.11 Å². The lowest BCUT2D eigenvalue weighted by atomic mass is 9.96. The van der Waals surface area contributed by atoms with Crippen molar-refractivity contribution in [2.24, 2.45) is 5.92 Å². The van der Waals surface area contributed by atoms with Gasteiger partial charge in [0.25, 0.3) is 0 Å². The molecule has 0 bridgehead atoms. The van der Waals surface area contributed by atoms with Crippen molar-refractivity contribution in [2.75, 3.05) is 20.3 Å². The Morgan fingerprint density at radius 3 is 2.90 bits per heavy atom. The number of ether oxygens (including phenoxy) is 1. The van der Waals surface area contributed by atoms with Crippen LogP contribution in [-0.4, -0.2) is 30.0 Å². The summed E-state index contributed by atoms with van der Waals surface area (Å²) >= 11 is 3.69. The molecule has 0 aromatic carbocycles. The number of rotatable bonds is 9. The highest BCUT2D eigenvalue weighted by atomic mass is 79.9. The summed E-state index contributed by atoms with van der Waals surface area (Å²) in [5, 5.41) is 8.23. The van der Waals surface area contributed by atoms with Crippen LogP contribution in [-0.2, 0) is 11.3 Å². The molecule has 1 unspecified atom stereocenters. The molecule has 1 heterocycles. The van der Waals surface area contributed by atoms with E-state index in [1.54, 1.807) is 7.11 Å². The second-order valence-electron chi connectivity index (χ2n) is 5.99. The molecule has 0 amide bonds. The average molecular weight is 358 g/mol. The Labute approximate surface area is 136 Å². The van der Waals surface area contributed by atoms with Gasteiger partial charge < -0.3 is 10.1 Å². The van der Waals surface area contributed by atoms with Gasteiger partial charge in [0.2, 0.25) is 0 Å². The summed E-state index contributed by atoms with van der Waals surface area (Å²) in [6, 6.07) is 0.391. The molecule has 1 atom stereocenters. The maximum absolute atomic E-state index is 5.21. The van der Waals surface area contributed by atoms with E-state index in [0.717, 1.165) is 29.9 Å². The molecule has 1 aromatic heterocycles. The molecule has 21 heavy (non-hydrogen) atoms. The van der Waals surface area contributed by atoms with Crippen LogP contribution in [0, 0.1) is 5.92 Å². The Kier molecular flexibility index (Phi) is 7.20. The quantitative estimate of drug-likeness (QED) is 0.727. The first kappa shape index (κ1) is 17.0. The van der Waals surface area contributed by atoms with Gasteiger partial charge in [-0.1, -0.05) is 32.6 Å². The fourth-order valence-corrected chi connectivity index (χ4v) is 3.84. The first-order chi connectivity index (χ1) is 10.3. The Morgan fingerprint density at radius 1 is 1.48 bits per heavy atom. The van der Waals surface area contributed by atoms with Crippen molar-refractivity contribution in [2.45, 2.75) is 58.0 Å². The SMILES string of the molecule is CCCNC(CC1CCCC1)c1c(Br)cnn1CCOC. The summed E-state index contributed by atoms with van der Waals surface area (Å²) in [5.41, 5.74) is 1.28. The Bertz CT molecular complexity index is 416. The van der Waals surface area contributed by atoms with E-state index >= 15 is 0 Å². The molecule has 2 rings (SSSR count). The van der Waals surface area contributed by atoms with Crippen LogP contribution in [0.1, 0.15) is 57.2 Å². The Balaban J connectivity index is 2.11. The Hall–Kier alpha value is -0.390. The van der Waals surface area contributed by atoms with E-state index in [4.69, 9.17) is 4.74 Å². The number of methoxy groups -OCH3 is 1. The molecule has 1 aliphatic carbocycles. The van der Waals surface area contributed by atoms with Gasteiger partial charge in [0.1, 0.15) is 0 Å². The second-order valence-corrected chi connectivity index (χ2v) is 6.84. The van der Waals surface area contributed by atoms with E-state index < -0.39 is 0 Å². The molecule has 0 radical (unpaired) electrons. The largest absolute Gasteiger partial charge is 0.383 e. The predicted molar refractivity (Wildman–Crippen MR) is 89.4 cm³/mol. The van der Waals surface area contributed by atoms with Crippen LogP contribution in [0.2, 0.25) is 0 Å². The molecule has 4 nitrogen and oxygen atoms in total. The summed E-state index contributed by atoms with van der Waals surface area (Å²) < 4.78 is 8.42. The van der Waals surface area contributed by atoms with Gasteiger partial charge in [0.05, 0.1) is 35.6 Å². The first-order valence-electron chi connectivity index (χ1n) is 8.19. The standard InChI is InChI=1S/C16H28BrN3O/c1-3-8-18-15(11-13-6-4-5-7-13)16-14(17)12-19-20(16)9-10-21-2/h12-13,15,18H,3-11H2,1-2H3. The zero-order valence-electron chi connectivity index (χ0n) is 13.3. The number of hydrogen-bond donors (Lipinski definition) is 1. The molecular weight excluding hydrogens is 330 g/mol. The normalized spacial score (nSPS) is 17.5. The van der Waals surface area contributed by atoms with Gasteiger partial charge in [-0.3, -0.25) is 4.68 Å². The lowest BCUT2D eigenvalue weighted by Crippen LogP contribution is -2.27. The fourth-order valence-electron chi connectivity index (χ4n) is 3.26. The van der Waals surface area contributed by atoms with Gasteiger partial charge in [-0.25, -0.2) is 0 Å². The van der Waals surface area contributed by atoms with Gasteiger partial charge in [0.15, 0.2) is 0 Å². The van der Waals surface area contributed by atoms with Crippen LogP contribution >= 0.6 is 15.9 Å². The van der Waals surface area contributed by atoms with E-state index in [0.29, 0.717) is 12.6 Å². The van der Waals surface area contributed by atoms with Crippen molar-refractivity contribution in [1.82, 2.24) is 15.1 Å². The molecule has 1 N–H and O–H groups in total. The van der Waals surface area contributed by atoms with Gasteiger partial charge in [-0.15, -0.1) is 0 Å². The zero-order valence-corrected chi connectivity index (χ0v) is 14.9. The number of nitrogens with zero attached hydrogens (tertiary/aromatic N) is 2. The number of nitrogens with one attached hydrogen (secondary N) is 1. The number of hydrogen-bond acceptors (Lipinski definition) is 3. The average Bonchev–Trinajstić information content (AvgIpc) is 3.11. The summed E-state index contributed by atoms with van der Waals surface area (Å²) in [6.45, 7) is 4.79.